The van der Waals surface area contributed by atoms with Gasteiger partial charge in [0.2, 0.25) is 0 Å². The fourth-order valence-corrected chi connectivity index (χ4v) is 2.74. The number of hydrogen-bond acceptors (Lipinski definition) is 4. The summed E-state index contributed by atoms with van der Waals surface area (Å²) >= 11 is 0. The summed E-state index contributed by atoms with van der Waals surface area (Å²) in [6.45, 7) is 3.69. The van der Waals surface area contributed by atoms with Gasteiger partial charge in [-0.05, 0) is 19.1 Å². The molecule has 5 heteroatoms. The van der Waals surface area contributed by atoms with Gasteiger partial charge in [0.05, 0.1) is 17.2 Å². The van der Waals surface area contributed by atoms with Crippen LogP contribution in [-0.2, 0) is 0 Å². The van der Waals surface area contributed by atoms with Crippen molar-refractivity contribution in [2.45, 2.75) is 13.0 Å². The van der Waals surface area contributed by atoms with Crippen molar-refractivity contribution in [1.29, 1.82) is 0 Å². The highest BCUT2D eigenvalue weighted by Crippen LogP contribution is 2.18. The number of nitrogens with one attached hydrogen (secondary N) is 2. The monoisotopic (exact) mass is 285 g/mol. The minimum Gasteiger partial charge on any atom is -0.391 e. The van der Waals surface area contributed by atoms with Crippen LogP contribution in [0.25, 0.3) is 10.9 Å². The van der Waals surface area contributed by atoms with Crippen LogP contribution in [0.15, 0.2) is 30.3 Å². The fraction of sp³-hybridized carbons (Fsp3) is 0.375. The Labute approximate surface area is 123 Å². The Morgan fingerprint density at radius 2 is 2.24 bits per heavy atom. The predicted octanol–water partition coefficient (Wildman–Crippen LogP) is 0.853. The highest BCUT2D eigenvalue weighted by atomic mass is 16.3. The normalized spacial score (nSPS) is 21.6. The molecule has 1 aromatic heterocycles. The molecule has 5 nitrogen and oxygen atoms in total. The Bertz CT molecular complexity index is 672. The van der Waals surface area contributed by atoms with Crippen LogP contribution in [0.5, 0.6) is 0 Å². The molecule has 1 aliphatic heterocycles. The molecule has 110 valence electrons. The number of aryl methyl sites for hydroxylation is 1. The van der Waals surface area contributed by atoms with Gasteiger partial charge in [0.1, 0.15) is 0 Å². The van der Waals surface area contributed by atoms with E-state index in [4.69, 9.17) is 0 Å². The molecule has 3 rings (SSSR count). The number of aromatic nitrogens is 1. The van der Waals surface area contributed by atoms with Crippen molar-refractivity contribution in [1.82, 2.24) is 15.6 Å². The lowest BCUT2D eigenvalue weighted by molar-refractivity contribution is 0.0928. The van der Waals surface area contributed by atoms with Gasteiger partial charge in [-0.15, -0.1) is 0 Å². The number of aliphatic hydroxyl groups excluding tert-OH is 1. The molecule has 2 aromatic rings. The average Bonchev–Trinajstić information content (AvgIpc) is 2.89. The summed E-state index contributed by atoms with van der Waals surface area (Å²) in [5, 5.41) is 16.7. The second kappa shape index (κ2) is 5.79. The Kier molecular flexibility index (Phi) is 3.86. The lowest BCUT2D eigenvalue weighted by Gasteiger charge is -2.15. The van der Waals surface area contributed by atoms with E-state index >= 15 is 0 Å². The van der Waals surface area contributed by atoms with Gasteiger partial charge in [0, 0.05) is 36.6 Å². The standard InChI is InChI=1S/C16H19N3O2/c1-10-6-13(12-4-2-3-5-14(12)19-10)16(21)18-8-11-7-17-9-15(11)20/h2-6,11,15,17,20H,7-9H2,1H3,(H,18,21). The molecular weight excluding hydrogens is 266 g/mol. The Balaban J connectivity index is 1.81. The van der Waals surface area contributed by atoms with Crippen LogP contribution in [0.3, 0.4) is 0 Å². The SMILES string of the molecule is Cc1cc(C(=O)NCC2CNCC2O)c2ccccc2n1. The van der Waals surface area contributed by atoms with E-state index < -0.39 is 0 Å². The summed E-state index contributed by atoms with van der Waals surface area (Å²) < 4.78 is 0. The number of carbonyl (C=O) groups excluding carboxylic acids is 1. The van der Waals surface area contributed by atoms with E-state index in [0.29, 0.717) is 18.7 Å². The molecule has 1 fully saturated rings. The summed E-state index contributed by atoms with van der Waals surface area (Å²) in [6, 6.07) is 9.44. The third-order valence-electron chi connectivity index (χ3n) is 3.92. The highest BCUT2D eigenvalue weighted by Gasteiger charge is 2.25. The lowest BCUT2D eigenvalue weighted by atomic mass is 10.0. The molecule has 1 saturated heterocycles. The van der Waals surface area contributed by atoms with Gasteiger partial charge < -0.3 is 15.7 Å². The number of aliphatic hydroxyl groups is 1. The molecular formula is C16H19N3O2. The molecule has 1 amide bonds. The van der Waals surface area contributed by atoms with E-state index in [1.807, 2.05) is 31.2 Å². The topological polar surface area (TPSA) is 74.2 Å². The van der Waals surface area contributed by atoms with Crippen molar-refractivity contribution in [3.8, 4) is 0 Å². The third kappa shape index (κ3) is 2.89. The van der Waals surface area contributed by atoms with Crippen molar-refractivity contribution >= 4 is 16.8 Å². The van der Waals surface area contributed by atoms with Gasteiger partial charge >= 0.3 is 0 Å². The van der Waals surface area contributed by atoms with Gasteiger partial charge in [-0.2, -0.15) is 0 Å². The van der Waals surface area contributed by atoms with E-state index in [1.54, 1.807) is 6.07 Å². The summed E-state index contributed by atoms with van der Waals surface area (Å²) in [5.74, 6) is -0.0426. The van der Waals surface area contributed by atoms with Crippen LogP contribution < -0.4 is 10.6 Å². The molecule has 0 spiro atoms. The first-order valence-corrected chi connectivity index (χ1v) is 7.18. The van der Waals surface area contributed by atoms with Crippen LogP contribution in [0.1, 0.15) is 16.1 Å². The lowest BCUT2D eigenvalue weighted by Crippen LogP contribution is -2.34. The van der Waals surface area contributed by atoms with Crippen molar-refractivity contribution in [2.75, 3.05) is 19.6 Å². The first-order chi connectivity index (χ1) is 10.1. The first kappa shape index (κ1) is 14.0. The number of benzene rings is 1. The van der Waals surface area contributed by atoms with Crippen molar-refractivity contribution in [3.05, 3.63) is 41.6 Å². The second-order valence-corrected chi connectivity index (χ2v) is 5.52. The van der Waals surface area contributed by atoms with Crippen LogP contribution >= 0.6 is 0 Å². The van der Waals surface area contributed by atoms with E-state index in [9.17, 15) is 9.90 Å². The summed E-state index contributed by atoms with van der Waals surface area (Å²) in [4.78, 5) is 16.9. The number of fused-ring (bicyclic) bond motifs is 1. The molecule has 2 heterocycles. The van der Waals surface area contributed by atoms with Crippen LogP contribution in [0, 0.1) is 12.8 Å². The van der Waals surface area contributed by atoms with Crippen molar-refractivity contribution in [3.63, 3.8) is 0 Å². The number of hydrogen-bond donors (Lipinski definition) is 3. The molecule has 1 aliphatic rings. The van der Waals surface area contributed by atoms with Crippen molar-refractivity contribution < 1.29 is 9.90 Å². The van der Waals surface area contributed by atoms with E-state index in [1.165, 1.54) is 0 Å². The number of β-amino-alcohol motifs (C(OH)–C–C–N with tert-alkyl or cyclic N) is 1. The fourth-order valence-electron chi connectivity index (χ4n) is 2.74. The summed E-state index contributed by atoms with van der Waals surface area (Å²) in [7, 11) is 0. The van der Waals surface area contributed by atoms with Crippen molar-refractivity contribution in [2.24, 2.45) is 5.92 Å². The van der Waals surface area contributed by atoms with Crippen LogP contribution in [0.2, 0.25) is 0 Å². The number of carbonyl (C=O) groups is 1. The molecule has 0 saturated carbocycles. The van der Waals surface area contributed by atoms with Gasteiger partial charge in [0.15, 0.2) is 0 Å². The zero-order valence-electron chi connectivity index (χ0n) is 12.0. The number of nitrogens with zero attached hydrogens (tertiary/aromatic N) is 1. The second-order valence-electron chi connectivity index (χ2n) is 5.52. The maximum atomic E-state index is 12.4. The maximum Gasteiger partial charge on any atom is 0.252 e. The number of pyridine rings is 1. The number of para-hydroxylation sites is 1. The summed E-state index contributed by atoms with van der Waals surface area (Å²) in [5.41, 5.74) is 2.28. The maximum absolute atomic E-state index is 12.4. The van der Waals surface area contributed by atoms with Crippen LogP contribution in [-0.4, -0.2) is 41.7 Å². The molecule has 1 aromatic carbocycles. The number of rotatable bonds is 3. The Morgan fingerprint density at radius 3 is 3.00 bits per heavy atom. The van der Waals surface area contributed by atoms with Crippen LogP contribution in [0.4, 0.5) is 0 Å². The largest absolute Gasteiger partial charge is 0.391 e. The molecule has 3 N–H and O–H groups in total. The van der Waals surface area contributed by atoms with Gasteiger partial charge in [0.25, 0.3) is 5.91 Å². The minimum atomic E-state index is -0.388. The predicted molar refractivity (Wildman–Crippen MR) is 81.2 cm³/mol. The third-order valence-corrected chi connectivity index (χ3v) is 3.92. The molecule has 2 unspecified atom stereocenters. The first-order valence-electron chi connectivity index (χ1n) is 7.18. The number of amides is 1. The zero-order valence-corrected chi connectivity index (χ0v) is 12.0. The van der Waals surface area contributed by atoms with E-state index in [0.717, 1.165) is 23.1 Å². The molecule has 21 heavy (non-hydrogen) atoms. The Morgan fingerprint density at radius 1 is 1.43 bits per heavy atom. The quantitative estimate of drug-likeness (QED) is 0.782. The summed E-state index contributed by atoms with van der Waals surface area (Å²) in [6.07, 6.45) is -0.388. The average molecular weight is 285 g/mol. The van der Waals surface area contributed by atoms with E-state index in [2.05, 4.69) is 15.6 Å². The van der Waals surface area contributed by atoms with E-state index in [-0.39, 0.29) is 17.9 Å². The molecule has 0 aliphatic carbocycles. The van der Waals surface area contributed by atoms with Gasteiger partial charge in [-0.1, -0.05) is 18.2 Å². The minimum absolute atomic E-state index is 0.0724. The molecule has 2 atom stereocenters. The van der Waals surface area contributed by atoms with Gasteiger partial charge in [-0.25, -0.2) is 0 Å². The highest BCUT2D eigenvalue weighted by molar-refractivity contribution is 6.06. The van der Waals surface area contributed by atoms with Gasteiger partial charge in [-0.3, -0.25) is 9.78 Å². The smallest absolute Gasteiger partial charge is 0.252 e. The molecule has 0 radical (unpaired) electrons. The molecule has 0 bridgehead atoms. The zero-order chi connectivity index (χ0) is 14.8. The Hall–Kier alpha value is -1.98.